The van der Waals surface area contributed by atoms with Crippen LogP contribution in [0.25, 0.3) is 0 Å². The van der Waals surface area contributed by atoms with E-state index < -0.39 is 75.7 Å². The molecule has 0 amide bonds. The number of unbranched alkanes of at least 4 members (excludes halogenated alkanes) is 22. The summed E-state index contributed by atoms with van der Waals surface area (Å²) in [5.41, 5.74) is 0. The van der Waals surface area contributed by atoms with Crippen LogP contribution in [0.3, 0.4) is 0 Å². The number of rotatable bonds is 40. The van der Waals surface area contributed by atoms with Crippen LogP contribution in [0.4, 0.5) is 0 Å². The van der Waals surface area contributed by atoms with E-state index in [0.717, 1.165) is 96.3 Å². The topological polar surface area (TPSA) is 210 Å². The van der Waals surface area contributed by atoms with E-state index in [2.05, 4.69) is 50.3 Å². The Morgan fingerprint density at radius 3 is 1.35 bits per heavy atom. The molecule has 0 aromatic heterocycles. The van der Waals surface area contributed by atoms with E-state index in [-0.39, 0.29) is 12.8 Å². The molecule has 0 aliphatic heterocycles. The van der Waals surface area contributed by atoms with Gasteiger partial charge in [0.05, 0.1) is 6.61 Å². The molecule has 0 heterocycles. The lowest BCUT2D eigenvalue weighted by molar-refractivity contribution is -0.220. The molecule has 1 aliphatic carbocycles. The number of esters is 2. The fraction of sp³-hybridized carbons (Fsp3) is 0.833. The fourth-order valence-electron chi connectivity index (χ4n) is 7.25. The summed E-state index contributed by atoms with van der Waals surface area (Å²) in [6.07, 6.45) is 30.4. The number of phosphoric acid groups is 1. The number of ether oxygens (including phenoxy) is 2. The molecule has 6 atom stereocenters. The SMILES string of the molecule is CCCCC/C=C\C/C=C\CCCCCCCCCC(=O)OC(COC(=O)CCCCCCC/C=C\CCCCCCCCC)COP(=O)(O)OC1C(O)C(O)C(O)C(O)C1O. The van der Waals surface area contributed by atoms with Gasteiger partial charge in [-0.3, -0.25) is 18.6 Å². The Kier molecular flexibility index (Phi) is 35.9. The highest BCUT2D eigenvalue weighted by Gasteiger charge is 2.51. The molecule has 1 saturated carbocycles. The van der Waals surface area contributed by atoms with Crippen molar-refractivity contribution < 1.29 is 63.1 Å². The summed E-state index contributed by atoms with van der Waals surface area (Å²) in [7, 11) is -5.12. The molecule has 0 saturated heterocycles. The molecule has 6 N–H and O–H groups in total. The van der Waals surface area contributed by atoms with Gasteiger partial charge in [0.2, 0.25) is 0 Å². The smallest absolute Gasteiger partial charge is 0.462 e. The Morgan fingerprint density at radius 1 is 0.500 bits per heavy atom. The van der Waals surface area contributed by atoms with Crippen LogP contribution in [-0.2, 0) is 32.7 Å². The zero-order valence-corrected chi connectivity index (χ0v) is 39.3. The summed E-state index contributed by atoms with van der Waals surface area (Å²) in [5.74, 6) is -1.11. The Bertz CT molecular complexity index is 1230. The number of carbonyl (C=O) groups excluding carboxylic acids is 2. The van der Waals surface area contributed by atoms with Gasteiger partial charge in [-0.1, -0.05) is 153 Å². The number of hydrogen-bond donors (Lipinski definition) is 6. The zero-order chi connectivity index (χ0) is 45.7. The molecule has 0 radical (unpaired) electrons. The lowest BCUT2D eigenvalue weighted by Gasteiger charge is -2.41. The predicted octanol–water partition coefficient (Wildman–Crippen LogP) is 9.78. The summed E-state index contributed by atoms with van der Waals surface area (Å²) in [6.45, 7) is 3.27. The molecular weight excluding hydrogens is 815 g/mol. The van der Waals surface area contributed by atoms with Crippen molar-refractivity contribution in [1.82, 2.24) is 0 Å². The summed E-state index contributed by atoms with van der Waals surface area (Å²) in [6, 6.07) is 0. The Morgan fingerprint density at radius 2 is 0.871 bits per heavy atom. The number of allylic oxidation sites excluding steroid dienone is 6. The van der Waals surface area contributed by atoms with Crippen LogP contribution in [0.15, 0.2) is 36.5 Å². The van der Waals surface area contributed by atoms with E-state index in [9.17, 15) is 44.6 Å². The largest absolute Gasteiger partial charge is 0.472 e. The lowest BCUT2D eigenvalue weighted by atomic mass is 9.85. The first kappa shape index (κ1) is 58.1. The van der Waals surface area contributed by atoms with Crippen molar-refractivity contribution in [2.45, 2.75) is 243 Å². The van der Waals surface area contributed by atoms with E-state index in [1.54, 1.807) is 0 Å². The molecule has 62 heavy (non-hydrogen) atoms. The normalized spacial score (nSPS) is 22.1. The van der Waals surface area contributed by atoms with Gasteiger partial charge in [0.1, 0.15) is 43.2 Å². The molecule has 0 aromatic carbocycles. The maximum atomic E-state index is 12.8. The Balaban J connectivity index is 2.45. The van der Waals surface area contributed by atoms with Gasteiger partial charge in [-0.15, -0.1) is 0 Å². The Labute approximate surface area is 374 Å². The van der Waals surface area contributed by atoms with Gasteiger partial charge >= 0.3 is 19.8 Å². The van der Waals surface area contributed by atoms with Crippen molar-refractivity contribution in [2.75, 3.05) is 13.2 Å². The van der Waals surface area contributed by atoms with Crippen LogP contribution in [-0.4, -0.2) is 98.3 Å². The summed E-state index contributed by atoms with van der Waals surface area (Å²) < 4.78 is 33.6. The van der Waals surface area contributed by atoms with Crippen molar-refractivity contribution in [1.29, 1.82) is 0 Å². The first-order chi connectivity index (χ1) is 29.9. The highest BCUT2D eigenvalue weighted by atomic mass is 31.2. The van der Waals surface area contributed by atoms with Crippen LogP contribution < -0.4 is 0 Å². The van der Waals surface area contributed by atoms with Crippen LogP contribution >= 0.6 is 7.82 Å². The van der Waals surface area contributed by atoms with Gasteiger partial charge in [0, 0.05) is 12.8 Å². The molecule has 1 rings (SSSR count). The minimum Gasteiger partial charge on any atom is -0.462 e. The standard InChI is InChI=1S/C48H87O13P/c1-3-5-7-9-11-13-15-17-19-21-23-25-27-29-31-33-35-37-42(50)60-40(39-59-62(56,57)61-48-46(54)44(52)43(51)45(53)47(48)55)38-58-41(49)36-34-32-30-28-26-24-22-20-18-16-14-12-10-8-6-4-2/h11,13,17,19-20,22,40,43-48,51-55H,3-10,12,14-16,18,21,23-39H2,1-2H3,(H,56,57)/b13-11-,19-17-,22-20-. The van der Waals surface area contributed by atoms with Crippen LogP contribution in [0.5, 0.6) is 0 Å². The molecule has 0 aromatic rings. The predicted molar refractivity (Wildman–Crippen MR) is 244 cm³/mol. The molecular formula is C48H87O13P. The molecule has 14 heteroatoms. The maximum absolute atomic E-state index is 12.8. The first-order valence-electron chi connectivity index (χ1n) is 24.3. The zero-order valence-electron chi connectivity index (χ0n) is 38.4. The third-order valence-corrected chi connectivity index (χ3v) is 12.2. The van der Waals surface area contributed by atoms with Gasteiger partial charge in [-0.2, -0.15) is 0 Å². The second-order valence-electron chi connectivity index (χ2n) is 17.0. The number of carbonyl (C=O) groups is 2. The summed E-state index contributed by atoms with van der Waals surface area (Å²) in [4.78, 5) is 35.7. The molecule has 6 unspecified atom stereocenters. The molecule has 1 fully saturated rings. The third kappa shape index (κ3) is 30.3. The minimum atomic E-state index is -5.12. The van der Waals surface area contributed by atoms with Crippen molar-refractivity contribution in [2.24, 2.45) is 0 Å². The van der Waals surface area contributed by atoms with E-state index >= 15 is 0 Å². The maximum Gasteiger partial charge on any atom is 0.472 e. The molecule has 13 nitrogen and oxygen atoms in total. The fourth-order valence-corrected chi connectivity index (χ4v) is 8.23. The lowest BCUT2D eigenvalue weighted by Crippen LogP contribution is -2.64. The monoisotopic (exact) mass is 903 g/mol. The minimum absolute atomic E-state index is 0.0864. The number of hydrogen-bond acceptors (Lipinski definition) is 12. The van der Waals surface area contributed by atoms with Crippen molar-refractivity contribution in [3.05, 3.63) is 36.5 Å². The molecule has 0 bridgehead atoms. The average Bonchev–Trinajstić information content (AvgIpc) is 3.25. The van der Waals surface area contributed by atoms with Gasteiger partial charge in [0.25, 0.3) is 0 Å². The van der Waals surface area contributed by atoms with Gasteiger partial charge in [-0.05, 0) is 70.6 Å². The summed E-state index contributed by atoms with van der Waals surface area (Å²) >= 11 is 0. The number of aliphatic hydroxyl groups excluding tert-OH is 5. The van der Waals surface area contributed by atoms with Gasteiger partial charge in [0.15, 0.2) is 6.10 Å². The second-order valence-corrected chi connectivity index (χ2v) is 18.4. The highest BCUT2D eigenvalue weighted by molar-refractivity contribution is 7.47. The summed E-state index contributed by atoms with van der Waals surface area (Å²) in [5, 5.41) is 50.2. The molecule has 362 valence electrons. The average molecular weight is 903 g/mol. The number of phosphoric ester groups is 1. The van der Waals surface area contributed by atoms with Gasteiger partial charge in [-0.25, -0.2) is 4.57 Å². The number of aliphatic hydroxyl groups is 5. The van der Waals surface area contributed by atoms with Crippen LogP contribution in [0, 0.1) is 0 Å². The quantitative estimate of drug-likeness (QED) is 0.0147. The first-order valence-corrected chi connectivity index (χ1v) is 25.8. The highest BCUT2D eigenvalue weighted by Crippen LogP contribution is 2.47. The second kappa shape index (κ2) is 38.3. The molecule has 1 aliphatic rings. The van der Waals surface area contributed by atoms with Gasteiger partial charge < -0.3 is 39.9 Å². The van der Waals surface area contributed by atoms with Crippen LogP contribution in [0.1, 0.15) is 200 Å². The third-order valence-electron chi connectivity index (χ3n) is 11.2. The van der Waals surface area contributed by atoms with Crippen molar-refractivity contribution in [3.8, 4) is 0 Å². The van der Waals surface area contributed by atoms with Crippen LogP contribution in [0.2, 0.25) is 0 Å². The van der Waals surface area contributed by atoms with E-state index in [0.29, 0.717) is 12.8 Å². The van der Waals surface area contributed by atoms with E-state index in [1.165, 1.54) is 64.2 Å². The van der Waals surface area contributed by atoms with E-state index in [4.69, 9.17) is 18.5 Å². The Hall–Kier alpha value is -1.93. The van der Waals surface area contributed by atoms with Crippen molar-refractivity contribution in [3.63, 3.8) is 0 Å². The van der Waals surface area contributed by atoms with Crippen molar-refractivity contribution >= 4 is 19.8 Å². The molecule has 0 spiro atoms. The van der Waals surface area contributed by atoms with E-state index in [1.807, 2.05) is 0 Å².